The Morgan fingerprint density at radius 1 is 1.41 bits per heavy atom. The molecule has 1 heterocycles. The summed E-state index contributed by atoms with van der Waals surface area (Å²) in [5, 5.41) is 9.30. The molecule has 17 heavy (non-hydrogen) atoms. The van der Waals surface area contributed by atoms with Crippen LogP contribution >= 0.6 is 11.6 Å². The molecule has 2 rings (SSSR count). The van der Waals surface area contributed by atoms with Gasteiger partial charge in [0.15, 0.2) is 0 Å². The first-order chi connectivity index (χ1) is 8.26. The minimum atomic E-state index is 0.417. The lowest BCUT2D eigenvalue weighted by Crippen LogP contribution is -1.92. The minimum Gasteiger partial charge on any atom is -0.496 e. The second-order valence-corrected chi connectivity index (χ2v) is 3.65. The van der Waals surface area contributed by atoms with E-state index in [-0.39, 0.29) is 0 Å². The highest BCUT2D eigenvalue weighted by molar-refractivity contribution is 6.32. The predicted molar refractivity (Wildman–Crippen MR) is 63.7 cm³/mol. The molecule has 0 unspecified atom stereocenters. The maximum absolute atomic E-state index is 8.89. The van der Waals surface area contributed by atoms with Crippen molar-refractivity contribution in [2.75, 3.05) is 7.11 Å². The fraction of sp³-hybridized carbons (Fsp3) is 0.0833. The van der Waals surface area contributed by atoms with Crippen molar-refractivity contribution in [2.24, 2.45) is 0 Å². The number of hydrogen-bond donors (Lipinski definition) is 0. The molecule has 0 spiro atoms. The predicted octanol–water partition coefficient (Wildman–Crippen LogP) is 2.68. The van der Waals surface area contributed by atoms with E-state index in [0.29, 0.717) is 27.6 Å². The van der Waals surface area contributed by atoms with Crippen molar-refractivity contribution in [1.29, 1.82) is 5.26 Å². The molecule has 0 saturated heterocycles. The Hall–Kier alpha value is -2.12. The largest absolute Gasteiger partial charge is 0.496 e. The van der Waals surface area contributed by atoms with Gasteiger partial charge >= 0.3 is 0 Å². The Morgan fingerprint density at radius 3 is 2.88 bits per heavy atom. The van der Waals surface area contributed by atoms with Crippen LogP contribution in [-0.2, 0) is 0 Å². The molecule has 0 bridgehead atoms. The molecule has 0 saturated carbocycles. The molecule has 2 aromatic rings. The van der Waals surface area contributed by atoms with E-state index in [9.17, 15) is 0 Å². The standard InChI is InChI=1S/C12H8ClN3O/c1-17-11-3-2-8(5-14)4-9(11)12-10(13)6-15-7-16-12/h2-4,6-7H,1H3. The Labute approximate surface area is 103 Å². The second-order valence-electron chi connectivity index (χ2n) is 3.25. The molecule has 5 heteroatoms. The third-order valence-electron chi connectivity index (χ3n) is 2.25. The van der Waals surface area contributed by atoms with Crippen LogP contribution in [-0.4, -0.2) is 17.1 Å². The van der Waals surface area contributed by atoms with Crippen LogP contribution in [0.15, 0.2) is 30.7 Å². The van der Waals surface area contributed by atoms with Crippen LogP contribution in [0.25, 0.3) is 11.3 Å². The van der Waals surface area contributed by atoms with Gasteiger partial charge in [-0.3, -0.25) is 0 Å². The van der Waals surface area contributed by atoms with Gasteiger partial charge in [0.1, 0.15) is 12.1 Å². The topological polar surface area (TPSA) is 58.8 Å². The SMILES string of the molecule is COc1ccc(C#N)cc1-c1ncncc1Cl. The number of nitriles is 1. The molecule has 4 nitrogen and oxygen atoms in total. The molecule has 1 aromatic carbocycles. The molecular formula is C12H8ClN3O. The molecule has 0 radical (unpaired) electrons. The third-order valence-corrected chi connectivity index (χ3v) is 2.53. The van der Waals surface area contributed by atoms with Crippen molar-refractivity contribution in [3.63, 3.8) is 0 Å². The van der Waals surface area contributed by atoms with E-state index >= 15 is 0 Å². The zero-order valence-electron chi connectivity index (χ0n) is 9.01. The van der Waals surface area contributed by atoms with Gasteiger partial charge in [-0.25, -0.2) is 9.97 Å². The molecule has 0 atom stereocenters. The fourth-order valence-corrected chi connectivity index (χ4v) is 1.68. The second kappa shape index (κ2) is 4.81. The number of ether oxygens (including phenoxy) is 1. The van der Waals surface area contributed by atoms with Gasteiger partial charge in [0, 0.05) is 11.8 Å². The van der Waals surface area contributed by atoms with Crippen molar-refractivity contribution in [1.82, 2.24) is 9.97 Å². The molecule has 0 fully saturated rings. The van der Waals surface area contributed by atoms with Crippen molar-refractivity contribution in [3.05, 3.63) is 41.3 Å². The van der Waals surface area contributed by atoms with Crippen LogP contribution in [0.2, 0.25) is 5.02 Å². The molecule has 0 aliphatic carbocycles. The summed E-state index contributed by atoms with van der Waals surface area (Å²) in [5.74, 6) is 0.615. The van der Waals surface area contributed by atoms with Crippen molar-refractivity contribution in [3.8, 4) is 23.1 Å². The van der Waals surface area contributed by atoms with Gasteiger partial charge in [-0.2, -0.15) is 5.26 Å². The lowest BCUT2D eigenvalue weighted by molar-refractivity contribution is 0.416. The van der Waals surface area contributed by atoms with Gasteiger partial charge in [0.2, 0.25) is 0 Å². The molecule has 84 valence electrons. The van der Waals surface area contributed by atoms with Crippen LogP contribution < -0.4 is 4.74 Å². The van der Waals surface area contributed by atoms with Gasteiger partial charge < -0.3 is 4.74 Å². The smallest absolute Gasteiger partial charge is 0.128 e. The zero-order valence-corrected chi connectivity index (χ0v) is 9.77. The molecule has 0 aliphatic heterocycles. The van der Waals surface area contributed by atoms with Crippen LogP contribution in [0.3, 0.4) is 0 Å². The highest BCUT2D eigenvalue weighted by Crippen LogP contribution is 2.33. The summed E-state index contributed by atoms with van der Waals surface area (Å²) in [7, 11) is 1.56. The van der Waals surface area contributed by atoms with E-state index in [1.54, 1.807) is 25.3 Å². The Kier molecular flexibility index (Phi) is 3.22. The summed E-state index contributed by atoms with van der Waals surface area (Å²) < 4.78 is 5.23. The van der Waals surface area contributed by atoms with Crippen molar-refractivity contribution in [2.45, 2.75) is 0 Å². The summed E-state index contributed by atoms with van der Waals surface area (Å²) in [4.78, 5) is 7.92. The van der Waals surface area contributed by atoms with E-state index in [0.717, 1.165) is 0 Å². The van der Waals surface area contributed by atoms with E-state index in [1.165, 1.54) is 12.5 Å². The highest BCUT2D eigenvalue weighted by atomic mass is 35.5. The number of methoxy groups -OCH3 is 1. The number of rotatable bonds is 2. The van der Waals surface area contributed by atoms with Crippen LogP contribution in [0.1, 0.15) is 5.56 Å². The van der Waals surface area contributed by atoms with Gasteiger partial charge in [-0.15, -0.1) is 0 Å². The minimum absolute atomic E-state index is 0.417. The summed E-state index contributed by atoms with van der Waals surface area (Å²) in [6.45, 7) is 0. The third kappa shape index (κ3) is 2.19. The van der Waals surface area contributed by atoms with E-state index in [4.69, 9.17) is 21.6 Å². The quantitative estimate of drug-likeness (QED) is 0.816. The number of hydrogen-bond acceptors (Lipinski definition) is 4. The Bertz CT molecular complexity index is 593. The van der Waals surface area contributed by atoms with E-state index in [2.05, 4.69) is 16.0 Å². The summed E-state index contributed by atoms with van der Waals surface area (Å²) in [6, 6.07) is 7.15. The summed E-state index contributed by atoms with van der Waals surface area (Å²) >= 11 is 6.02. The summed E-state index contributed by atoms with van der Waals surface area (Å²) in [6.07, 6.45) is 2.90. The number of nitrogens with zero attached hydrogens (tertiary/aromatic N) is 3. The summed E-state index contributed by atoms with van der Waals surface area (Å²) in [5.41, 5.74) is 1.75. The monoisotopic (exact) mass is 245 g/mol. The Morgan fingerprint density at radius 2 is 2.24 bits per heavy atom. The van der Waals surface area contributed by atoms with Crippen LogP contribution in [0, 0.1) is 11.3 Å². The molecule has 0 amide bonds. The van der Waals surface area contributed by atoms with Gasteiger partial charge in [-0.05, 0) is 18.2 Å². The van der Waals surface area contributed by atoms with Crippen LogP contribution in [0.5, 0.6) is 5.75 Å². The van der Waals surface area contributed by atoms with Gasteiger partial charge in [-0.1, -0.05) is 11.6 Å². The van der Waals surface area contributed by atoms with E-state index in [1.807, 2.05) is 0 Å². The average molecular weight is 246 g/mol. The lowest BCUT2D eigenvalue weighted by Gasteiger charge is -2.08. The van der Waals surface area contributed by atoms with Crippen LogP contribution in [0.4, 0.5) is 0 Å². The van der Waals surface area contributed by atoms with Crippen molar-refractivity contribution >= 4 is 11.6 Å². The number of benzene rings is 1. The van der Waals surface area contributed by atoms with Gasteiger partial charge in [0.05, 0.1) is 29.5 Å². The maximum Gasteiger partial charge on any atom is 0.128 e. The Balaban J connectivity index is 2.65. The van der Waals surface area contributed by atoms with Crippen molar-refractivity contribution < 1.29 is 4.74 Å². The number of aromatic nitrogens is 2. The highest BCUT2D eigenvalue weighted by Gasteiger charge is 2.11. The molecular weight excluding hydrogens is 238 g/mol. The first-order valence-corrected chi connectivity index (χ1v) is 5.18. The normalized spacial score (nSPS) is 9.71. The maximum atomic E-state index is 8.89. The fourth-order valence-electron chi connectivity index (χ4n) is 1.47. The van der Waals surface area contributed by atoms with Gasteiger partial charge in [0.25, 0.3) is 0 Å². The average Bonchev–Trinajstić information content (AvgIpc) is 2.38. The molecule has 0 N–H and O–H groups in total. The lowest BCUT2D eigenvalue weighted by atomic mass is 10.1. The molecule has 0 aliphatic rings. The molecule has 1 aromatic heterocycles. The number of halogens is 1. The van der Waals surface area contributed by atoms with E-state index < -0.39 is 0 Å². The first kappa shape index (κ1) is 11.4. The zero-order chi connectivity index (χ0) is 12.3. The first-order valence-electron chi connectivity index (χ1n) is 4.80.